The second kappa shape index (κ2) is 7.03. The number of anilines is 1. The molecular weight excluding hydrogens is 354 g/mol. The molecule has 1 fully saturated rings. The molecule has 1 aliphatic rings. The maximum absolute atomic E-state index is 12.9. The third kappa shape index (κ3) is 3.22. The van der Waals surface area contributed by atoms with Crippen molar-refractivity contribution in [3.63, 3.8) is 0 Å². The number of aryl methyl sites for hydroxylation is 2. The summed E-state index contributed by atoms with van der Waals surface area (Å²) in [6.45, 7) is 2.48. The van der Waals surface area contributed by atoms with Gasteiger partial charge in [0.2, 0.25) is 5.91 Å². The van der Waals surface area contributed by atoms with E-state index in [0.29, 0.717) is 18.7 Å². The molecule has 0 unspecified atom stereocenters. The number of fused-ring (bicyclic) bond motifs is 1. The SMILES string of the molecule is COc1ccc2c(c1)cc(C(=O)N[C@@H]1CC(=O)N(c3cccc(C)c3)C1)n2C. The second-order valence-corrected chi connectivity index (χ2v) is 7.23. The largest absolute Gasteiger partial charge is 0.497 e. The zero-order valence-electron chi connectivity index (χ0n) is 16.2. The fourth-order valence-corrected chi connectivity index (χ4v) is 3.78. The Morgan fingerprint density at radius 1 is 1.18 bits per heavy atom. The number of methoxy groups -OCH3 is 1. The van der Waals surface area contributed by atoms with Gasteiger partial charge in [0.25, 0.3) is 5.91 Å². The number of aromatic nitrogens is 1. The minimum atomic E-state index is -0.215. The molecule has 144 valence electrons. The highest BCUT2D eigenvalue weighted by Crippen LogP contribution is 2.25. The van der Waals surface area contributed by atoms with Gasteiger partial charge in [-0.2, -0.15) is 0 Å². The number of carbonyl (C=O) groups is 2. The highest BCUT2D eigenvalue weighted by Gasteiger charge is 2.32. The normalized spacial score (nSPS) is 16.6. The van der Waals surface area contributed by atoms with E-state index >= 15 is 0 Å². The van der Waals surface area contributed by atoms with Crippen LogP contribution in [0.3, 0.4) is 0 Å². The van der Waals surface area contributed by atoms with E-state index in [1.54, 1.807) is 12.0 Å². The van der Waals surface area contributed by atoms with Crippen molar-refractivity contribution in [2.45, 2.75) is 19.4 Å². The van der Waals surface area contributed by atoms with Crippen molar-refractivity contribution in [3.05, 3.63) is 59.8 Å². The second-order valence-electron chi connectivity index (χ2n) is 7.23. The average molecular weight is 377 g/mol. The Morgan fingerprint density at radius 3 is 2.75 bits per heavy atom. The molecule has 0 radical (unpaired) electrons. The lowest BCUT2D eigenvalue weighted by Crippen LogP contribution is -2.37. The molecule has 2 amide bonds. The molecule has 4 rings (SSSR count). The fraction of sp³-hybridized carbons (Fsp3) is 0.273. The summed E-state index contributed by atoms with van der Waals surface area (Å²) in [4.78, 5) is 27.0. The molecule has 1 N–H and O–H groups in total. The molecule has 2 aromatic carbocycles. The number of hydrogen-bond acceptors (Lipinski definition) is 3. The summed E-state index contributed by atoms with van der Waals surface area (Å²) in [7, 11) is 3.48. The predicted octanol–water partition coefficient (Wildman–Crippen LogP) is 3.03. The first-order valence-electron chi connectivity index (χ1n) is 9.27. The highest BCUT2D eigenvalue weighted by molar-refractivity contribution is 6.01. The van der Waals surface area contributed by atoms with E-state index < -0.39 is 0 Å². The maximum Gasteiger partial charge on any atom is 0.268 e. The van der Waals surface area contributed by atoms with Gasteiger partial charge >= 0.3 is 0 Å². The quantitative estimate of drug-likeness (QED) is 0.760. The molecule has 1 aliphatic heterocycles. The van der Waals surface area contributed by atoms with Gasteiger partial charge in [0.05, 0.1) is 13.2 Å². The molecule has 1 aromatic heterocycles. The van der Waals surface area contributed by atoms with Gasteiger partial charge in [-0.05, 0) is 48.9 Å². The molecule has 0 bridgehead atoms. The molecule has 0 aliphatic carbocycles. The zero-order valence-corrected chi connectivity index (χ0v) is 16.2. The van der Waals surface area contributed by atoms with Crippen molar-refractivity contribution in [1.29, 1.82) is 0 Å². The van der Waals surface area contributed by atoms with Crippen molar-refractivity contribution in [3.8, 4) is 5.75 Å². The van der Waals surface area contributed by atoms with Crippen LogP contribution in [0.15, 0.2) is 48.5 Å². The number of amides is 2. The van der Waals surface area contributed by atoms with Crippen LogP contribution < -0.4 is 15.0 Å². The number of ether oxygens (including phenoxy) is 1. The van der Waals surface area contributed by atoms with Gasteiger partial charge in [0, 0.05) is 36.6 Å². The first-order chi connectivity index (χ1) is 13.5. The lowest BCUT2D eigenvalue weighted by molar-refractivity contribution is -0.117. The number of hydrogen-bond donors (Lipinski definition) is 1. The molecule has 6 nitrogen and oxygen atoms in total. The van der Waals surface area contributed by atoms with Crippen LogP contribution in [-0.2, 0) is 11.8 Å². The fourth-order valence-electron chi connectivity index (χ4n) is 3.78. The Balaban J connectivity index is 1.52. The van der Waals surface area contributed by atoms with Crippen LogP contribution in [0.4, 0.5) is 5.69 Å². The summed E-state index contributed by atoms with van der Waals surface area (Å²) in [6, 6.07) is 15.2. The molecule has 1 saturated heterocycles. The maximum atomic E-state index is 12.9. The number of benzene rings is 2. The summed E-state index contributed by atoms with van der Waals surface area (Å²) < 4.78 is 7.12. The van der Waals surface area contributed by atoms with Gasteiger partial charge in [-0.1, -0.05) is 12.1 Å². The van der Waals surface area contributed by atoms with Crippen LogP contribution in [0.2, 0.25) is 0 Å². The lowest BCUT2D eigenvalue weighted by Gasteiger charge is -2.18. The van der Waals surface area contributed by atoms with E-state index in [9.17, 15) is 9.59 Å². The lowest BCUT2D eigenvalue weighted by atomic mass is 10.2. The topological polar surface area (TPSA) is 63.6 Å². The first-order valence-corrected chi connectivity index (χ1v) is 9.27. The zero-order chi connectivity index (χ0) is 19.8. The summed E-state index contributed by atoms with van der Waals surface area (Å²) >= 11 is 0. The molecule has 1 atom stereocenters. The van der Waals surface area contributed by atoms with E-state index in [1.165, 1.54) is 0 Å². The molecular formula is C22H23N3O3. The Kier molecular flexibility index (Phi) is 4.55. The van der Waals surface area contributed by atoms with Crippen molar-refractivity contribution >= 4 is 28.4 Å². The summed E-state index contributed by atoms with van der Waals surface area (Å²) in [6.07, 6.45) is 0.303. The van der Waals surface area contributed by atoms with Gasteiger partial charge in [-0.15, -0.1) is 0 Å². The van der Waals surface area contributed by atoms with Crippen molar-refractivity contribution in [2.75, 3.05) is 18.6 Å². The smallest absolute Gasteiger partial charge is 0.268 e. The molecule has 3 aromatic rings. The molecule has 6 heteroatoms. The van der Waals surface area contributed by atoms with E-state index in [0.717, 1.165) is 27.9 Å². The summed E-state index contributed by atoms with van der Waals surface area (Å²) in [5.41, 5.74) is 3.49. The van der Waals surface area contributed by atoms with Crippen LogP contribution in [0.1, 0.15) is 22.5 Å². The Hall–Kier alpha value is -3.28. The number of nitrogens with zero attached hydrogens (tertiary/aromatic N) is 2. The third-order valence-corrected chi connectivity index (χ3v) is 5.26. The van der Waals surface area contributed by atoms with E-state index in [2.05, 4.69) is 5.32 Å². The van der Waals surface area contributed by atoms with Gasteiger partial charge < -0.3 is 19.5 Å². The van der Waals surface area contributed by atoms with Crippen LogP contribution >= 0.6 is 0 Å². The highest BCUT2D eigenvalue weighted by atomic mass is 16.5. The minimum Gasteiger partial charge on any atom is -0.497 e. The van der Waals surface area contributed by atoms with Crippen LogP contribution in [-0.4, -0.2) is 36.1 Å². The van der Waals surface area contributed by atoms with Crippen molar-refractivity contribution in [1.82, 2.24) is 9.88 Å². The van der Waals surface area contributed by atoms with Gasteiger partial charge in [-0.25, -0.2) is 0 Å². The van der Waals surface area contributed by atoms with Crippen molar-refractivity contribution < 1.29 is 14.3 Å². The minimum absolute atomic E-state index is 0.0256. The molecule has 0 saturated carbocycles. The van der Waals surface area contributed by atoms with E-state index in [4.69, 9.17) is 4.74 Å². The van der Waals surface area contributed by atoms with Crippen LogP contribution in [0, 0.1) is 6.92 Å². The van der Waals surface area contributed by atoms with Crippen LogP contribution in [0.5, 0.6) is 5.75 Å². The van der Waals surface area contributed by atoms with E-state index in [1.807, 2.05) is 67.1 Å². The number of carbonyl (C=O) groups excluding carboxylic acids is 2. The average Bonchev–Trinajstić information content (AvgIpc) is 3.21. The van der Waals surface area contributed by atoms with Crippen LogP contribution in [0.25, 0.3) is 10.9 Å². The van der Waals surface area contributed by atoms with Gasteiger partial charge in [0.15, 0.2) is 0 Å². The number of rotatable bonds is 4. The molecule has 0 spiro atoms. The third-order valence-electron chi connectivity index (χ3n) is 5.26. The first kappa shape index (κ1) is 18.1. The predicted molar refractivity (Wildman–Crippen MR) is 109 cm³/mol. The Morgan fingerprint density at radius 2 is 2.00 bits per heavy atom. The van der Waals surface area contributed by atoms with Gasteiger partial charge in [-0.3, -0.25) is 9.59 Å². The standard InChI is InChI=1S/C22H23N3O3/c1-14-5-4-6-17(9-14)25-13-16(12-21(25)26)23-22(27)20-11-15-10-18(28-3)7-8-19(15)24(20)2/h4-11,16H,12-13H2,1-3H3,(H,23,27)/t16-/m1/s1. The molecule has 2 heterocycles. The number of nitrogens with one attached hydrogen (secondary N) is 1. The monoisotopic (exact) mass is 377 g/mol. The Labute approximate surface area is 163 Å². The van der Waals surface area contributed by atoms with Gasteiger partial charge in [0.1, 0.15) is 11.4 Å². The summed E-state index contributed by atoms with van der Waals surface area (Å²) in [5, 5.41) is 3.96. The molecule has 28 heavy (non-hydrogen) atoms. The summed E-state index contributed by atoms with van der Waals surface area (Å²) in [5.74, 6) is 0.597. The van der Waals surface area contributed by atoms with Crippen molar-refractivity contribution in [2.24, 2.45) is 7.05 Å². The Bertz CT molecular complexity index is 1070. The van der Waals surface area contributed by atoms with E-state index in [-0.39, 0.29) is 17.9 Å².